The van der Waals surface area contributed by atoms with Crippen molar-refractivity contribution in [2.45, 2.75) is 24.1 Å². The van der Waals surface area contributed by atoms with Gasteiger partial charge in [0.1, 0.15) is 16.2 Å². The van der Waals surface area contributed by atoms with Crippen molar-refractivity contribution in [1.29, 1.82) is 0 Å². The molecule has 0 unspecified atom stereocenters. The van der Waals surface area contributed by atoms with Crippen LogP contribution >= 0.6 is 50.5 Å². The van der Waals surface area contributed by atoms with E-state index in [4.69, 9.17) is 32.8 Å². The van der Waals surface area contributed by atoms with Crippen LogP contribution in [0.4, 0.5) is 0 Å². The highest BCUT2D eigenvalue weighted by molar-refractivity contribution is 9.10. The molecular weight excluding hydrogens is 619 g/mol. The monoisotopic (exact) mass is 636 g/mol. The molecule has 0 bridgehead atoms. The van der Waals surface area contributed by atoms with Crippen LogP contribution in [-0.2, 0) is 23.0 Å². The number of hydrogen-bond donors (Lipinski definition) is 1. The van der Waals surface area contributed by atoms with Gasteiger partial charge in [-0.1, -0.05) is 63.3 Å². The number of aromatic nitrogens is 3. The molecule has 1 N–H and O–H groups in total. The zero-order valence-corrected chi connectivity index (χ0v) is 24.0. The summed E-state index contributed by atoms with van der Waals surface area (Å²) in [5.74, 6) is 0. The summed E-state index contributed by atoms with van der Waals surface area (Å²) in [7, 11) is -3.79. The van der Waals surface area contributed by atoms with Crippen LogP contribution in [0, 0.1) is 0 Å². The molecule has 37 heavy (non-hydrogen) atoms. The Bertz CT molecular complexity index is 1660. The minimum absolute atomic E-state index is 0.00440. The van der Waals surface area contributed by atoms with Crippen LogP contribution in [0.3, 0.4) is 0 Å². The number of thiophene rings is 1. The van der Waals surface area contributed by atoms with Crippen molar-refractivity contribution in [1.82, 2.24) is 19.7 Å². The van der Waals surface area contributed by atoms with E-state index in [0.29, 0.717) is 38.4 Å². The van der Waals surface area contributed by atoms with Crippen molar-refractivity contribution in [2.24, 2.45) is 0 Å². The smallest absolute Gasteiger partial charge is 0.250 e. The molecule has 3 aromatic heterocycles. The van der Waals surface area contributed by atoms with Gasteiger partial charge in [-0.2, -0.15) is 5.10 Å². The molecule has 5 aromatic rings. The number of rotatable bonds is 8. The number of benzene rings is 2. The van der Waals surface area contributed by atoms with Crippen LogP contribution in [0.25, 0.3) is 27.5 Å². The Balaban J connectivity index is 1.53. The van der Waals surface area contributed by atoms with Crippen LogP contribution in [0.2, 0.25) is 10.0 Å². The van der Waals surface area contributed by atoms with Crippen molar-refractivity contribution < 1.29 is 12.9 Å². The first kappa shape index (κ1) is 26.1. The normalized spacial score (nSPS) is 11.8. The summed E-state index contributed by atoms with van der Waals surface area (Å²) < 4.78 is 36.7. The van der Waals surface area contributed by atoms with E-state index < -0.39 is 10.0 Å². The van der Waals surface area contributed by atoms with Gasteiger partial charge in [-0.3, -0.25) is 0 Å². The van der Waals surface area contributed by atoms with E-state index in [0.717, 1.165) is 32.6 Å². The standard InChI is InChI=1S/C25H19BrCl2N4O3S2/c1-2-18-21(14-29-37(33,34)24-10-9-23(36-24)20-11-12-35-31-20)30-32(22-8-7-17(27)13-19(22)28)25(18)15-3-5-16(26)6-4-15/h3-13,29H,2,14H2,1H3. The molecule has 5 rings (SSSR count). The molecule has 0 atom stereocenters. The second-order valence-corrected chi connectivity index (χ2v) is 12.8. The quantitative estimate of drug-likeness (QED) is 0.192. The molecule has 0 amide bonds. The predicted molar refractivity (Wildman–Crippen MR) is 150 cm³/mol. The van der Waals surface area contributed by atoms with Crippen LogP contribution in [0.15, 0.2) is 80.1 Å². The highest BCUT2D eigenvalue weighted by atomic mass is 79.9. The molecule has 0 radical (unpaired) electrons. The van der Waals surface area contributed by atoms with Crippen LogP contribution < -0.4 is 4.72 Å². The maximum Gasteiger partial charge on any atom is 0.250 e. The average molecular weight is 638 g/mol. The van der Waals surface area contributed by atoms with E-state index >= 15 is 0 Å². The van der Waals surface area contributed by atoms with E-state index in [1.165, 1.54) is 6.26 Å². The lowest BCUT2D eigenvalue weighted by molar-refractivity contribution is 0.422. The Kier molecular flexibility index (Phi) is 7.58. The third-order valence-electron chi connectivity index (χ3n) is 5.64. The Hall–Kier alpha value is -2.47. The lowest BCUT2D eigenvalue weighted by Gasteiger charge is -2.11. The number of nitrogens with one attached hydrogen (secondary N) is 1. The Labute approximate surface area is 236 Å². The van der Waals surface area contributed by atoms with E-state index in [9.17, 15) is 8.42 Å². The SMILES string of the molecule is CCc1c(CNS(=O)(=O)c2ccc(-c3ccon3)s2)nn(-c2ccc(Cl)cc2Cl)c1-c1ccc(Br)cc1. The first-order valence-corrected chi connectivity index (χ1v) is 14.9. The molecule has 190 valence electrons. The molecule has 0 saturated heterocycles. The third kappa shape index (κ3) is 5.41. The summed E-state index contributed by atoms with van der Waals surface area (Å²) in [6.07, 6.45) is 2.07. The maximum absolute atomic E-state index is 13.1. The minimum atomic E-state index is -3.79. The largest absolute Gasteiger partial charge is 0.364 e. The molecule has 0 aliphatic carbocycles. The van der Waals surface area contributed by atoms with Gasteiger partial charge in [0, 0.05) is 26.7 Å². The Morgan fingerprint density at radius 2 is 1.86 bits per heavy atom. The highest BCUT2D eigenvalue weighted by Gasteiger charge is 2.24. The minimum Gasteiger partial charge on any atom is -0.364 e. The van der Waals surface area contributed by atoms with Crippen molar-refractivity contribution in [3.05, 3.63) is 92.7 Å². The van der Waals surface area contributed by atoms with E-state index in [2.05, 4.69) is 25.8 Å². The van der Waals surface area contributed by atoms with Gasteiger partial charge in [-0.05, 0) is 48.9 Å². The second-order valence-electron chi connectivity index (χ2n) is 7.97. The van der Waals surface area contributed by atoms with Crippen LogP contribution in [0.1, 0.15) is 18.2 Å². The van der Waals surface area contributed by atoms with Crippen LogP contribution in [-0.4, -0.2) is 23.4 Å². The zero-order valence-electron chi connectivity index (χ0n) is 19.3. The fourth-order valence-corrected chi connectivity index (χ4v) is 6.97. The molecule has 0 aliphatic rings. The van der Waals surface area contributed by atoms with Crippen LogP contribution in [0.5, 0.6) is 0 Å². The number of sulfonamides is 1. The number of nitrogens with zero attached hydrogens (tertiary/aromatic N) is 3. The first-order valence-electron chi connectivity index (χ1n) is 11.1. The second kappa shape index (κ2) is 10.7. The molecule has 0 fully saturated rings. The summed E-state index contributed by atoms with van der Waals surface area (Å²) >= 11 is 17.3. The summed E-state index contributed by atoms with van der Waals surface area (Å²) in [6, 6.07) is 18.0. The molecule has 0 spiro atoms. The molecule has 2 aromatic carbocycles. The van der Waals surface area contributed by atoms with Gasteiger partial charge < -0.3 is 4.52 Å². The summed E-state index contributed by atoms with van der Waals surface area (Å²) in [4.78, 5) is 0.697. The average Bonchev–Trinajstić information content (AvgIpc) is 3.63. The Morgan fingerprint density at radius 1 is 1.08 bits per heavy atom. The summed E-state index contributed by atoms with van der Waals surface area (Å²) in [5, 5.41) is 9.63. The lowest BCUT2D eigenvalue weighted by Crippen LogP contribution is -2.23. The highest BCUT2D eigenvalue weighted by Crippen LogP contribution is 2.34. The number of hydrogen-bond acceptors (Lipinski definition) is 6. The fourth-order valence-electron chi connectivity index (χ4n) is 3.92. The molecule has 3 heterocycles. The maximum atomic E-state index is 13.1. The Morgan fingerprint density at radius 3 is 2.54 bits per heavy atom. The molecule has 0 saturated carbocycles. The third-order valence-corrected chi connectivity index (χ3v) is 9.71. The lowest BCUT2D eigenvalue weighted by atomic mass is 10.0. The summed E-state index contributed by atoms with van der Waals surface area (Å²) in [5.41, 5.74) is 4.48. The molecule has 7 nitrogen and oxygen atoms in total. The molecular formula is C25H19BrCl2N4O3S2. The van der Waals surface area contributed by atoms with Gasteiger partial charge >= 0.3 is 0 Å². The predicted octanol–water partition coefficient (Wildman–Crippen LogP) is 7.37. The number of halogens is 3. The molecule has 12 heteroatoms. The van der Waals surface area contributed by atoms with Gasteiger partial charge in [0.25, 0.3) is 0 Å². The van der Waals surface area contributed by atoms with Crippen molar-refractivity contribution in [3.63, 3.8) is 0 Å². The first-order chi connectivity index (χ1) is 17.8. The van der Waals surface area contributed by atoms with Gasteiger partial charge in [0.15, 0.2) is 0 Å². The van der Waals surface area contributed by atoms with Gasteiger partial charge in [-0.25, -0.2) is 17.8 Å². The zero-order chi connectivity index (χ0) is 26.2. The van der Waals surface area contributed by atoms with Gasteiger partial charge in [-0.15, -0.1) is 11.3 Å². The van der Waals surface area contributed by atoms with Crippen molar-refractivity contribution in [2.75, 3.05) is 0 Å². The molecule has 0 aliphatic heterocycles. The van der Waals surface area contributed by atoms with Crippen molar-refractivity contribution in [3.8, 4) is 27.5 Å². The van der Waals surface area contributed by atoms with E-state index in [1.807, 2.05) is 31.2 Å². The van der Waals surface area contributed by atoms with Gasteiger partial charge in [0.05, 0.1) is 33.5 Å². The van der Waals surface area contributed by atoms with Gasteiger partial charge in [0.2, 0.25) is 10.0 Å². The fraction of sp³-hybridized carbons (Fsp3) is 0.120. The topological polar surface area (TPSA) is 90.0 Å². The summed E-state index contributed by atoms with van der Waals surface area (Å²) in [6.45, 7) is 2.01. The van der Waals surface area contributed by atoms with E-state index in [-0.39, 0.29) is 10.8 Å². The van der Waals surface area contributed by atoms with Crippen molar-refractivity contribution >= 4 is 60.5 Å². The van der Waals surface area contributed by atoms with E-state index in [1.54, 1.807) is 41.1 Å².